The number of aryl methyl sites for hydroxylation is 2. The number of nitrogens with one attached hydrogen (secondary N) is 1. The van der Waals surface area contributed by atoms with Crippen LogP contribution in [0.4, 0.5) is 0 Å². The summed E-state index contributed by atoms with van der Waals surface area (Å²) in [4.78, 5) is 14.1. The average molecular weight is 313 g/mol. The highest BCUT2D eigenvalue weighted by atomic mass is 35.5. The molecule has 0 radical (unpaired) electrons. The Kier molecular flexibility index (Phi) is 6.49. The van der Waals surface area contributed by atoms with Crippen molar-refractivity contribution < 1.29 is 9.53 Å². The standard InChI is InChI=1S/C16H24N2O2.ClH/c1-11-8-13(9-12(2)15(11)20-4)10-18(3)16(19)14-6-5-7-17-14;/h8-9,14,17H,5-7,10H2,1-4H3;1H. The molecule has 21 heavy (non-hydrogen) atoms. The van der Waals surface area contributed by atoms with Crippen LogP contribution in [0.5, 0.6) is 5.75 Å². The Morgan fingerprint density at radius 1 is 1.38 bits per heavy atom. The maximum absolute atomic E-state index is 12.3. The summed E-state index contributed by atoms with van der Waals surface area (Å²) in [5, 5.41) is 3.25. The number of methoxy groups -OCH3 is 1. The van der Waals surface area contributed by atoms with Gasteiger partial charge in [-0.05, 0) is 49.9 Å². The molecule has 1 atom stereocenters. The Bertz CT molecular complexity index is 476. The van der Waals surface area contributed by atoms with Crippen LogP contribution in [0.25, 0.3) is 0 Å². The monoisotopic (exact) mass is 312 g/mol. The molecule has 1 amide bonds. The molecule has 1 aromatic carbocycles. The summed E-state index contributed by atoms with van der Waals surface area (Å²) >= 11 is 0. The molecule has 1 N–H and O–H groups in total. The number of amides is 1. The van der Waals surface area contributed by atoms with Crippen molar-refractivity contribution in [2.45, 2.75) is 39.3 Å². The van der Waals surface area contributed by atoms with Gasteiger partial charge in [0, 0.05) is 13.6 Å². The summed E-state index contributed by atoms with van der Waals surface area (Å²) in [5.41, 5.74) is 3.37. The molecule has 0 spiro atoms. The van der Waals surface area contributed by atoms with Gasteiger partial charge in [-0.25, -0.2) is 0 Å². The minimum Gasteiger partial charge on any atom is -0.496 e. The number of benzene rings is 1. The fourth-order valence-electron chi connectivity index (χ4n) is 2.97. The van der Waals surface area contributed by atoms with Gasteiger partial charge in [0.25, 0.3) is 0 Å². The van der Waals surface area contributed by atoms with E-state index in [0.29, 0.717) is 6.54 Å². The van der Waals surface area contributed by atoms with E-state index < -0.39 is 0 Å². The second-order valence-corrected chi connectivity index (χ2v) is 5.61. The van der Waals surface area contributed by atoms with Crippen LogP contribution >= 0.6 is 12.4 Å². The summed E-state index contributed by atoms with van der Waals surface area (Å²) < 4.78 is 5.37. The van der Waals surface area contributed by atoms with E-state index in [0.717, 1.165) is 41.8 Å². The maximum Gasteiger partial charge on any atom is 0.239 e. The SMILES string of the molecule is COc1c(C)cc(CN(C)C(=O)C2CCCN2)cc1C.Cl. The minimum absolute atomic E-state index is 0. The maximum atomic E-state index is 12.3. The quantitative estimate of drug-likeness (QED) is 0.928. The number of carbonyl (C=O) groups is 1. The summed E-state index contributed by atoms with van der Waals surface area (Å²) in [7, 11) is 3.56. The number of likely N-dealkylation sites (N-methyl/N-ethyl adjacent to an activating group) is 1. The predicted octanol–water partition coefficient (Wildman–Crippen LogP) is 2.44. The first-order valence-electron chi connectivity index (χ1n) is 7.15. The first-order valence-corrected chi connectivity index (χ1v) is 7.15. The molecule has 1 aromatic rings. The van der Waals surface area contributed by atoms with Gasteiger partial charge in [0.15, 0.2) is 0 Å². The zero-order chi connectivity index (χ0) is 14.7. The van der Waals surface area contributed by atoms with Crippen LogP contribution in [0.1, 0.15) is 29.5 Å². The summed E-state index contributed by atoms with van der Waals surface area (Å²) in [6.07, 6.45) is 2.04. The predicted molar refractivity (Wildman–Crippen MR) is 87.2 cm³/mol. The molecule has 0 saturated carbocycles. The van der Waals surface area contributed by atoms with Crippen LogP contribution < -0.4 is 10.1 Å². The Balaban J connectivity index is 0.00000220. The number of ether oxygens (including phenoxy) is 1. The van der Waals surface area contributed by atoms with E-state index in [1.165, 1.54) is 0 Å². The van der Waals surface area contributed by atoms with Crippen molar-refractivity contribution in [1.82, 2.24) is 10.2 Å². The molecule has 118 valence electrons. The molecular formula is C16H25ClN2O2. The van der Waals surface area contributed by atoms with Crippen LogP contribution in [0.15, 0.2) is 12.1 Å². The largest absolute Gasteiger partial charge is 0.496 e. The number of hydrogen-bond donors (Lipinski definition) is 1. The van der Waals surface area contributed by atoms with E-state index in [1.807, 2.05) is 25.8 Å². The molecule has 0 aliphatic carbocycles. The van der Waals surface area contributed by atoms with E-state index in [1.54, 1.807) is 7.11 Å². The highest BCUT2D eigenvalue weighted by molar-refractivity contribution is 5.85. The first kappa shape index (κ1) is 17.8. The lowest BCUT2D eigenvalue weighted by Gasteiger charge is -2.22. The lowest BCUT2D eigenvalue weighted by Crippen LogP contribution is -2.41. The van der Waals surface area contributed by atoms with Crippen molar-refractivity contribution in [3.8, 4) is 5.75 Å². The van der Waals surface area contributed by atoms with E-state index in [4.69, 9.17) is 4.74 Å². The van der Waals surface area contributed by atoms with Crippen molar-refractivity contribution in [1.29, 1.82) is 0 Å². The molecule has 1 fully saturated rings. The van der Waals surface area contributed by atoms with Gasteiger partial charge in [-0.2, -0.15) is 0 Å². The van der Waals surface area contributed by atoms with Crippen LogP contribution in [-0.4, -0.2) is 37.6 Å². The smallest absolute Gasteiger partial charge is 0.239 e. The highest BCUT2D eigenvalue weighted by Crippen LogP contribution is 2.25. The fraction of sp³-hybridized carbons (Fsp3) is 0.562. The van der Waals surface area contributed by atoms with Crippen LogP contribution in [0.3, 0.4) is 0 Å². The third kappa shape index (κ3) is 4.11. The second kappa shape index (κ2) is 7.66. The molecule has 1 aliphatic heterocycles. The molecule has 1 unspecified atom stereocenters. The Labute approximate surface area is 133 Å². The van der Waals surface area contributed by atoms with Crippen molar-refractivity contribution >= 4 is 18.3 Å². The lowest BCUT2D eigenvalue weighted by atomic mass is 10.0. The third-order valence-corrected chi connectivity index (χ3v) is 3.88. The average Bonchev–Trinajstić information content (AvgIpc) is 2.91. The van der Waals surface area contributed by atoms with Crippen LogP contribution in [0, 0.1) is 13.8 Å². The second-order valence-electron chi connectivity index (χ2n) is 5.61. The summed E-state index contributed by atoms with van der Waals surface area (Å²) in [5.74, 6) is 1.12. The Morgan fingerprint density at radius 3 is 2.48 bits per heavy atom. The minimum atomic E-state index is 0. The first-order chi connectivity index (χ1) is 9.52. The molecule has 5 heteroatoms. The summed E-state index contributed by atoms with van der Waals surface area (Å²) in [6, 6.07) is 4.19. The Hall–Kier alpha value is -1.26. The lowest BCUT2D eigenvalue weighted by molar-refractivity contribution is -0.132. The third-order valence-electron chi connectivity index (χ3n) is 3.88. The molecule has 0 bridgehead atoms. The number of hydrogen-bond acceptors (Lipinski definition) is 3. The van der Waals surface area contributed by atoms with Crippen LogP contribution in [-0.2, 0) is 11.3 Å². The van der Waals surface area contributed by atoms with Crippen molar-refractivity contribution in [2.24, 2.45) is 0 Å². The van der Waals surface area contributed by atoms with E-state index in [9.17, 15) is 4.79 Å². The van der Waals surface area contributed by atoms with E-state index in [2.05, 4.69) is 17.4 Å². The van der Waals surface area contributed by atoms with Gasteiger partial charge in [-0.1, -0.05) is 12.1 Å². The van der Waals surface area contributed by atoms with Gasteiger partial charge < -0.3 is 15.0 Å². The topological polar surface area (TPSA) is 41.6 Å². The zero-order valence-electron chi connectivity index (χ0n) is 13.2. The van der Waals surface area contributed by atoms with Gasteiger partial charge in [0.2, 0.25) is 5.91 Å². The van der Waals surface area contributed by atoms with Crippen molar-refractivity contribution in [3.05, 3.63) is 28.8 Å². The van der Waals surface area contributed by atoms with Crippen LogP contribution in [0.2, 0.25) is 0 Å². The highest BCUT2D eigenvalue weighted by Gasteiger charge is 2.25. The molecular weight excluding hydrogens is 288 g/mol. The fourth-order valence-corrected chi connectivity index (χ4v) is 2.97. The van der Waals surface area contributed by atoms with Gasteiger partial charge in [-0.15, -0.1) is 12.4 Å². The zero-order valence-corrected chi connectivity index (χ0v) is 14.0. The molecule has 4 nitrogen and oxygen atoms in total. The van der Waals surface area contributed by atoms with Gasteiger partial charge in [0.1, 0.15) is 5.75 Å². The van der Waals surface area contributed by atoms with Gasteiger partial charge >= 0.3 is 0 Å². The van der Waals surface area contributed by atoms with Gasteiger partial charge in [-0.3, -0.25) is 4.79 Å². The Morgan fingerprint density at radius 2 is 2.00 bits per heavy atom. The number of nitrogens with zero attached hydrogens (tertiary/aromatic N) is 1. The number of halogens is 1. The molecule has 1 heterocycles. The summed E-state index contributed by atoms with van der Waals surface area (Å²) in [6.45, 7) is 5.67. The number of rotatable bonds is 4. The molecule has 0 aromatic heterocycles. The van der Waals surface area contributed by atoms with Crippen molar-refractivity contribution in [3.63, 3.8) is 0 Å². The molecule has 1 aliphatic rings. The van der Waals surface area contributed by atoms with E-state index >= 15 is 0 Å². The number of carbonyl (C=O) groups excluding carboxylic acids is 1. The van der Waals surface area contributed by atoms with Crippen molar-refractivity contribution in [2.75, 3.05) is 20.7 Å². The van der Waals surface area contributed by atoms with E-state index in [-0.39, 0.29) is 24.4 Å². The molecule has 1 saturated heterocycles. The normalized spacial score (nSPS) is 17.2. The molecule has 2 rings (SSSR count). The van der Waals surface area contributed by atoms with Gasteiger partial charge in [0.05, 0.1) is 13.2 Å².